The standard InChI is InChI=1S/C26H54OS2/c1-6-27-18-17-20-28-19-15-13-11-9-8-10-12-14-16-21-29(5,7-2)26-23-24(3)22-25(26)4/h24-26H,6-23H2,1-5H3. The van der Waals surface area contributed by atoms with Gasteiger partial charge in [0.15, 0.2) is 0 Å². The predicted octanol–water partition coefficient (Wildman–Crippen LogP) is 8.55. The van der Waals surface area contributed by atoms with E-state index >= 15 is 0 Å². The van der Waals surface area contributed by atoms with E-state index in [1.807, 2.05) is 0 Å². The molecule has 4 unspecified atom stereocenters. The molecule has 0 aromatic carbocycles. The lowest BCUT2D eigenvalue weighted by molar-refractivity contribution is 0.149. The number of thioether (sulfide) groups is 1. The zero-order chi connectivity index (χ0) is 21.4. The smallest absolute Gasteiger partial charge is 0.0473 e. The van der Waals surface area contributed by atoms with E-state index in [9.17, 15) is 0 Å². The molecule has 176 valence electrons. The van der Waals surface area contributed by atoms with Crippen molar-refractivity contribution in [3.8, 4) is 0 Å². The molecular weight excluding hydrogens is 392 g/mol. The maximum atomic E-state index is 5.38. The Bertz CT molecular complexity index is 376. The third-order valence-corrected chi connectivity index (χ3v) is 12.9. The lowest BCUT2D eigenvalue weighted by atomic mass is 10.1. The van der Waals surface area contributed by atoms with E-state index < -0.39 is 0 Å². The second-order valence-electron chi connectivity index (χ2n) is 9.78. The van der Waals surface area contributed by atoms with Crippen molar-refractivity contribution >= 4 is 21.8 Å². The number of hydrogen-bond acceptors (Lipinski definition) is 2. The van der Waals surface area contributed by atoms with Gasteiger partial charge in [-0.3, -0.25) is 0 Å². The van der Waals surface area contributed by atoms with Gasteiger partial charge in [-0.2, -0.15) is 11.8 Å². The zero-order valence-corrected chi connectivity index (χ0v) is 22.3. The fourth-order valence-electron chi connectivity index (χ4n) is 5.20. The van der Waals surface area contributed by atoms with E-state index in [1.165, 1.54) is 94.3 Å². The predicted molar refractivity (Wildman–Crippen MR) is 140 cm³/mol. The highest BCUT2D eigenvalue weighted by molar-refractivity contribution is 8.33. The van der Waals surface area contributed by atoms with E-state index in [4.69, 9.17) is 4.74 Å². The summed E-state index contributed by atoms with van der Waals surface area (Å²) in [4.78, 5) is 0. The molecule has 0 aromatic heterocycles. The summed E-state index contributed by atoms with van der Waals surface area (Å²) in [5.41, 5.74) is 0. The molecule has 0 aromatic rings. The molecule has 4 atom stereocenters. The van der Waals surface area contributed by atoms with Gasteiger partial charge in [-0.05, 0) is 85.4 Å². The molecule has 1 saturated carbocycles. The second-order valence-corrected chi connectivity index (χ2v) is 15.3. The van der Waals surface area contributed by atoms with Crippen LogP contribution in [0.25, 0.3) is 0 Å². The quantitative estimate of drug-likeness (QED) is 0.184. The lowest BCUT2D eigenvalue weighted by Crippen LogP contribution is -2.24. The Morgan fingerprint density at radius 2 is 1.38 bits per heavy atom. The van der Waals surface area contributed by atoms with Gasteiger partial charge in [0.2, 0.25) is 0 Å². The van der Waals surface area contributed by atoms with Crippen molar-refractivity contribution < 1.29 is 4.74 Å². The van der Waals surface area contributed by atoms with Crippen molar-refractivity contribution in [3.05, 3.63) is 0 Å². The van der Waals surface area contributed by atoms with Crippen molar-refractivity contribution in [2.45, 2.75) is 110 Å². The van der Waals surface area contributed by atoms with Gasteiger partial charge in [-0.15, -0.1) is 0 Å². The van der Waals surface area contributed by atoms with Gasteiger partial charge in [-0.1, -0.05) is 65.7 Å². The zero-order valence-electron chi connectivity index (χ0n) is 20.7. The first-order valence-electron chi connectivity index (χ1n) is 12.9. The monoisotopic (exact) mass is 446 g/mol. The van der Waals surface area contributed by atoms with Gasteiger partial charge >= 0.3 is 0 Å². The van der Waals surface area contributed by atoms with E-state index in [0.717, 1.165) is 30.3 Å². The Morgan fingerprint density at radius 3 is 1.93 bits per heavy atom. The van der Waals surface area contributed by atoms with Crippen LogP contribution in [0.2, 0.25) is 0 Å². The Kier molecular flexibility index (Phi) is 16.5. The number of rotatable bonds is 19. The highest BCUT2D eigenvalue weighted by Crippen LogP contribution is 2.58. The van der Waals surface area contributed by atoms with E-state index in [1.54, 1.807) is 5.75 Å². The lowest BCUT2D eigenvalue weighted by Gasteiger charge is -2.43. The van der Waals surface area contributed by atoms with Crippen LogP contribution in [-0.4, -0.2) is 47.7 Å². The van der Waals surface area contributed by atoms with Crippen LogP contribution >= 0.6 is 21.8 Å². The maximum absolute atomic E-state index is 5.38. The van der Waals surface area contributed by atoms with Crippen LogP contribution < -0.4 is 0 Å². The minimum Gasteiger partial charge on any atom is -0.382 e. The first kappa shape index (κ1) is 27.7. The molecule has 0 N–H and O–H groups in total. The third kappa shape index (κ3) is 12.3. The van der Waals surface area contributed by atoms with Gasteiger partial charge in [0.1, 0.15) is 0 Å². The summed E-state index contributed by atoms with van der Waals surface area (Å²) in [7, 11) is -0.366. The first-order valence-corrected chi connectivity index (χ1v) is 16.5. The summed E-state index contributed by atoms with van der Waals surface area (Å²) in [5.74, 6) is 7.60. The highest BCUT2D eigenvalue weighted by Gasteiger charge is 2.37. The summed E-state index contributed by atoms with van der Waals surface area (Å²) in [5, 5.41) is 1.06. The second kappa shape index (κ2) is 17.2. The minimum absolute atomic E-state index is 0.366. The largest absolute Gasteiger partial charge is 0.382 e. The average Bonchev–Trinajstić information content (AvgIpc) is 3.06. The fourth-order valence-corrected chi connectivity index (χ4v) is 10.0. The Morgan fingerprint density at radius 1 is 0.793 bits per heavy atom. The fraction of sp³-hybridized carbons (Fsp3) is 1.00. The summed E-state index contributed by atoms with van der Waals surface area (Å²) in [6, 6.07) is 0. The van der Waals surface area contributed by atoms with Crippen molar-refractivity contribution in [1.29, 1.82) is 0 Å². The highest BCUT2D eigenvalue weighted by atomic mass is 32.3. The molecule has 0 heterocycles. The van der Waals surface area contributed by atoms with Gasteiger partial charge in [0, 0.05) is 13.2 Å². The summed E-state index contributed by atoms with van der Waals surface area (Å²) >= 11 is 2.12. The molecule has 0 amide bonds. The van der Waals surface area contributed by atoms with Gasteiger partial charge in [-0.25, -0.2) is 10.0 Å². The average molecular weight is 447 g/mol. The Hall–Kier alpha value is 0.660. The molecule has 1 rings (SSSR count). The number of hydrogen-bond donors (Lipinski definition) is 0. The molecule has 1 aliphatic carbocycles. The molecule has 0 bridgehead atoms. The first-order chi connectivity index (χ1) is 14.0. The van der Waals surface area contributed by atoms with Crippen LogP contribution in [-0.2, 0) is 4.74 Å². The number of unbranched alkanes of at least 4 members (excludes halogenated alkanes) is 8. The Labute approximate surface area is 190 Å². The van der Waals surface area contributed by atoms with Crippen LogP contribution in [0, 0.1) is 11.8 Å². The van der Waals surface area contributed by atoms with Gasteiger partial charge < -0.3 is 4.74 Å². The number of ether oxygens (including phenoxy) is 1. The molecule has 1 fully saturated rings. The van der Waals surface area contributed by atoms with Crippen LogP contribution in [0.5, 0.6) is 0 Å². The summed E-state index contributed by atoms with van der Waals surface area (Å²) in [6.45, 7) is 11.4. The molecule has 29 heavy (non-hydrogen) atoms. The summed E-state index contributed by atoms with van der Waals surface area (Å²) in [6.07, 6.45) is 20.1. The van der Waals surface area contributed by atoms with Crippen LogP contribution in [0.4, 0.5) is 0 Å². The van der Waals surface area contributed by atoms with Crippen LogP contribution in [0.3, 0.4) is 0 Å². The molecule has 1 nitrogen and oxygen atoms in total. The Balaban J connectivity index is 1.90. The van der Waals surface area contributed by atoms with E-state index in [0.29, 0.717) is 0 Å². The van der Waals surface area contributed by atoms with Crippen LogP contribution in [0.1, 0.15) is 105 Å². The summed E-state index contributed by atoms with van der Waals surface area (Å²) < 4.78 is 5.38. The topological polar surface area (TPSA) is 9.23 Å². The molecule has 0 radical (unpaired) electrons. The SMILES string of the molecule is CCOCCCSCCCCCCCCCCCS(C)(CC)C1CC(C)CC1C. The van der Waals surface area contributed by atoms with Crippen molar-refractivity contribution in [3.63, 3.8) is 0 Å². The molecule has 1 aliphatic rings. The molecular formula is C26H54OS2. The van der Waals surface area contributed by atoms with Crippen molar-refractivity contribution in [2.24, 2.45) is 11.8 Å². The molecule has 0 spiro atoms. The van der Waals surface area contributed by atoms with Gasteiger partial charge in [0.25, 0.3) is 0 Å². The normalized spacial score (nSPS) is 25.2. The molecule has 0 aliphatic heterocycles. The van der Waals surface area contributed by atoms with Crippen molar-refractivity contribution in [1.82, 2.24) is 0 Å². The minimum atomic E-state index is -0.366. The van der Waals surface area contributed by atoms with E-state index in [2.05, 4.69) is 45.7 Å². The third-order valence-electron chi connectivity index (χ3n) is 7.11. The van der Waals surface area contributed by atoms with Crippen molar-refractivity contribution in [2.75, 3.05) is 42.5 Å². The maximum Gasteiger partial charge on any atom is 0.0473 e. The van der Waals surface area contributed by atoms with Gasteiger partial charge in [0.05, 0.1) is 0 Å². The molecule has 3 heteroatoms. The van der Waals surface area contributed by atoms with Crippen LogP contribution in [0.15, 0.2) is 0 Å². The molecule has 0 saturated heterocycles. The van der Waals surface area contributed by atoms with E-state index in [-0.39, 0.29) is 10.0 Å².